The number of hydrogen-bond donors (Lipinski definition) is 2. The number of nitrogens with one attached hydrogen (secondary N) is 2. The molecule has 2 rings (SSSR count). The van der Waals surface area contributed by atoms with Crippen molar-refractivity contribution in [2.24, 2.45) is 4.99 Å². The van der Waals surface area contributed by atoms with Gasteiger partial charge in [0.2, 0.25) is 0 Å². The van der Waals surface area contributed by atoms with Crippen molar-refractivity contribution in [3.63, 3.8) is 0 Å². The summed E-state index contributed by atoms with van der Waals surface area (Å²) in [5, 5.41) is 7.32. The molecule has 142 valence electrons. The number of rotatable bonds is 10. The smallest absolute Gasteiger partial charge is 0.191 e. The van der Waals surface area contributed by atoms with Crippen molar-refractivity contribution in [3.8, 4) is 5.75 Å². The van der Waals surface area contributed by atoms with E-state index in [0.29, 0.717) is 5.25 Å². The van der Waals surface area contributed by atoms with Crippen molar-refractivity contribution < 1.29 is 9.15 Å². The molecule has 0 saturated heterocycles. The Bertz CT molecular complexity index is 642. The van der Waals surface area contributed by atoms with Gasteiger partial charge < -0.3 is 19.8 Å². The van der Waals surface area contributed by atoms with E-state index in [-0.39, 0.29) is 0 Å². The molecular weight excluding hydrogens is 346 g/mol. The molecule has 1 aromatic carbocycles. The van der Waals surface area contributed by atoms with E-state index in [2.05, 4.69) is 35.9 Å². The molecule has 0 aliphatic rings. The molecule has 6 heteroatoms. The van der Waals surface area contributed by atoms with Crippen LogP contribution in [0.4, 0.5) is 0 Å². The zero-order valence-electron chi connectivity index (χ0n) is 15.8. The van der Waals surface area contributed by atoms with Crippen LogP contribution >= 0.6 is 11.8 Å². The van der Waals surface area contributed by atoms with Crippen molar-refractivity contribution >= 4 is 17.7 Å². The van der Waals surface area contributed by atoms with Crippen LogP contribution in [-0.4, -0.2) is 44.2 Å². The van der Waals surface area contributed by atoms with Crippen LogP contribution in [0.5, 0.6) is 5.75 Å². The Morgan fingerprint density at radius 3 is 2.50 bits per heavy atom. The molecule has 1 atom stereocenters. The molecule has 2 N–H and O–H groups in total. The Kier molecular flexibility index (Phi) is 8.96. The van der Waals surface area contributed by atoms with Crippen molar-refractivity contribution in [2.75, 3.05) is 33.0 Å². The molecule has 0 bridgehead atoms. The summed E-state index contributed by atoms with van der Waals surface area (Å²) in [4.78, 5) is 4.69. The van der Waals surface area contributed by atoms with Crippen LogP contribution in [0.2, 0.25) is 0 Å². The predicted octanol–water partition coefficient (Wildman–Crippen LogP) is 3.36. The first-order valence-electron chi connectivity index (χ1n) is 8.91. The molecule has 0 aliphatic heterocycles. The largest absolute Gasteiger partial charge is 0.497 e. The van der Waals surface area contributed by atoms with Crippen LogP contribution in [0.25, 0.3) is 0 Å². The van der Waals surface area contributed by atoms with Gasteiger partial charge in [-0.1, -0.05) is 19.1 Å². The lowest BCUT2D eigenvalue weighted by Crippen LogP contribution is -2.39. The van der Waals surface area contributed by atoms with Crippen molar-refractivity contribution in [3.05, 3.63) is 54.0 Å². The topological polar surface area (TPSA) is 58.8 Å². The summed E-state index contributed by atoms with van der Waals surface area (Å²) in [6.45, 7) is 4.59. The van der Waals surface area contributed by atoms with Crippen LogP contribution in [0.15, 0.2) is 52.1 Å². The highest BCUT2D eigenvalue weighted by Crippen LogP contribution is 2.11. The highest BCUT2D eigenvalue weighted by Gasteiger charge is 2.03. The van der Waals surface area contributed by atoms with Crippen LogP contribution in [-0.2, 0) is 12.8 Å². The minimum absolute atomic E-state index is 0.500. The minimum Gasteiger partial charge on any atom is -0.497 e. The van der Waals surface area contributed by atoms with E-state index < -0.39 is 0 Å². The maximum atomic E-state index is 5.37. The molecule has 26 heavy (non-hydrogen) atoms. The average molecular weight is 376 g/mol. The Morgan fingerprint density at radius 2 is 1.88 bits per heavy atom. The van der Waals surface area contributed by atoms with E-state index in [1.807, 2.05) is 36.0 Å². The summed E-state index contributed by atoms with van der Waals surface area (Å²) < 4.78 is 10.6. The number of aliphatic imine (C=N–C) groups is 1. The van der Waals surface area contributed by atoms with Gasteiger partial charge in [-0.25, -0.2) is 0 Å². The quantitative estimate of drug-likeness (QED) is 0.493. The second kappa shape index (κ2) is 11.5. The van der Waals surface area contributed by atoms with Gasteiger partial charge in [0.15, 0.2) is 5.96 Å². The first-order valence-corrected chi connectivity index (χ1v) is 10.2. The lowest BCUT2D eigenvalue weighted by molar-refractivity contribution is 0.414. The van der Waals surface area contributed by atoms with Crippen LogP contribution in [0.1, 0.15) is 18.2 Å². The van der Waals surface area contributed by atoms with E-state index in [0.717, 1.165) is 49.9 Å². The van der Waals surface area contributed by atoms with E-state index in [1.54, 1.807) is 13.4 Å². The number of hydrogen-bond acceptors (Lipinski definition) is 4. The molecule has 1 aromatic heterocycles. The summed E-state index contributed by atoms with van der Waals surface area (Å²) in [5.41, 5.74) is 1.27. The third kappa shape index (κ3) is 7.44. The van der Waals surface area contributed by atoms with Crippen molar-refractivity contribution in [1.29, 1.82) is 0 Å². The fraction of sp³-hybridized carbons (Fsp3) is 0.450. The third-order valence-electron chi connectivity index (χ3n) is 4.02. The maximum absolute atomic E-state index is 5.37. The summed E-state index contributed by atoms with van der Waals surface area (Å²) in [5.74, 6) is 2.72. The molecule has 0 radical (unpaired) electrons. The standard InChI is InChI=1S/C20H29N3O2S/c1-16(26-3)15-23-20(22-13-11-19-5-4-14-25-19)21-12-10-17-6-8-18(24-2)9-7-17/h4-9,14,16H,10-13,15H2,1-3H3,(H2,21,22,23). The Balaban J connectivity index is 1.81. The van der Waals surface area contributed by atoms with Gasteiger partial charge >= 0.3 is 0 Å². The average Bonchev–Trinajstić information content (AvgIpc) is 3.19. The summed E-state index contributed by atoms with van der Waals surface area (Å²) >= 11 is 1.82. The highest BCUT2D eigenvalue weighted by molar-refractivity contribution is 7.99. The Labute approximate surface area is 160 Å². The molecule has 5 nitrogen and oxygen atoms in total. The summed E-state index contributed by atoms with van der Waals surface area (Å²) in [6, 6.07) is 12.1. The molecule has 1 unspecified atom stereocenters. The number of methoxy groups -OCH3 is 1. The van der Waals surface area contributed by atoms with Gasteiger partial charge in [0.25, 0.3) is 0 Å². The van der Waals surface area contributed by atoms with Crippen LogP contribution < -0.4 is 15.4 Å². The molecule has 0 amide bonds. The molecular formula is C20H29N3O2S. The fourth-order valence-corrected chi connectivity index (χ4v) is 2.57. The van der Waals surface area contributed by atoms with Gasteiger partial charge in [-0.15, -0.1) is 0 Å². The number of benzene rings is 1. The second-order valence-corrected chi connectivity index (χ2v) is 7.29. The van der Waals surface area contributed by atoms with Gasteiger partial charge in [0, 0.05) is 24.8 Å². The highest BCUT2D eigenvalue weighted by atomic mass is 32.2. The SMILES string of the molecule is COc1ccc(CCNC(=NCC(C)SC)NCCc2ccco2)cc1. The first kappa shape index (κ1) is 20.2. The fourth-order valence-electron chi connectivity index (χ4n) is 2.35. The van der Waals surface area contributed by atoms with Crippen LogP contribution in [0.3, 0.4) is 0 Å². The maximum Gasteiger partial charge on any atom is 0.191 e. The van der Waals surface area contributed by atoms with Gasteiger partial charge in [0.1, 0.15) is 11.5 Å². The molecule has 1 heterocycles. The van der Waals surface area contributed by atoms with Crippen molar-refractivity contribution in [1.82, 2.24) is 10.6 Å². The molecule has 0 spiro atoms. The van der Waals surface area contributed by atoms with E-state index in [1.165, 1.54) is 5.56 Å². The first-order chi connectivity index (χ1) is 12.7. The second-order valence-electron chi connectivity index (χ2n) is 6.02. The summed E-state index contributed by atoms with van der Waals surface area (Å²) in [7, 11) is 1.68. The Morgan fingerprint density at radius 1 is 1.15 bits per heavy atom. The van der Waals surface area contributed by atoms with Gasteiger partial charge in [-0.05, 0) is 42.5 Å². The lowest BCUT2D eigenvalue weighted by atomic mass is 10.1. The van der Waals surface area contributed by atoms with Crippen molar-refractivity contribution in [2.45, 2.75) is 25.0 Å². The predicted molar refractivity (Wildman–Crippen MR) is 110 cm³/mol. The van der Waals surface area contributed by atoms with Gasteiger partial charge in [0.05, 0.1) is 19.9 Å². The zero-order valence-corrected chi connectivity index (χ0v) is 16.6. The monoisotopic (exact) mass is 375 g/mol. The minimum atomic E-state index is 0.500. The molecule has 0 saturated carbocycles. The molecule has 0 aliphatic carbocycles. The number of nitrogens with zero attached hydrogens (tertiary/aromatic N) is 1. The third-order valence-corrected chi connectivity index (χ3v) is 4.97. The number of ether oxygens (including phenoxy) is 1. The lowest BCUT2D eigenvalue weighted by Gasteiger charge is -2.13. The number of furan rings is 1. The number of guanidine groups is 1. The van der Waals surface area contributed by atoms with E-state index in [4.69, 9.17) is 14.1 Å². The van der Waals surface area contributed by atoms with Crippen LogP contribution in [0, 0.1) is 0 Å². The normalized spacial score (nSPS) is 12.7. The van der Waals surface area contributed by atoms with E-state index >= 15 is 0 Å². The number of thioether (sulfide) groups is 1. The molecule has 2 aromatic rings. The van der Waals surface area contributed by atoms with Gasteiger partial charge in [-0.2, -0.15) is 11.8 Å². The zero-order chi connectivity index (χ0) is 18.6. The Hall–Kier alpha value is -2.08. The van der Waals surface area contributed by atoms with E-state index in [9.17, 15) is 0 Å². The van der Waals surface area contributed by atoms with Gasteiger partial charge in [-0.3, -0.25) is 4.99 Å². The molecule has 0 fully saturated rings. The summed E-state index contributed by atoms with van der Waals surface area (Å²) in [6.07, 6.45) is 5.59.